The summed E-state index contributed by atoms with van der Waals surface area (Å²) >= 11 is 7.62. The SMILES string of the molecule is O=C(CCSc1ccccc1Cl)Nc1ccc2c(c1)NC(=O)CO2. The van der Waals surface area contributed by atoms with E-state index in [-0.39, 0.29) is 18.4 Å². The van der Waals surface area contributed by atoms with Gasteiger partial charge in [-0.25, -0.2) is 0 Å². The highest BCUT2D eigenvalue weighted by molar-refractivity contribution is 7.99. The maximum absolute atomic E-state index is 12.0. The molecule has 2 aromatic rings. The van der Waals surface area contributed by atoms with Gasteiger partial charge in [-0.15, -0.1) is 11.8 Å². The number of halogens is 1. The summed E-state index contributed by atoms with van der Waals surface area (Å²) in [6.07, 6.45) is 0.357. The fraction of sp³-hybridized carbons (Fsp3) is 0.176. The molecule has 124 valence electrons. The molecule has 1 heterocycles. The molecule has 2 aromatic carbocycles. The first-order chi connectivity index (χ1) is 11.6. The maximum Gasteiger partial charge on any atom is 0.262 e. The smallest absolute Gasteiger partial charge is 0.262 e. The molecule has 0 spiro atoms. The first-order valence-electron chi connectivity index (χ1n) is 7.36. The standard InChI is InChI=1S/C17H15ClN2O3S/c18-12-3-1-2-4-15(12)24-8-7-16(21)19-11-5-6-14-13(9-11)20-17(22)10-23-14/h1-6,9H,7-8,10H2,(H,19,21)(H,20,22). The van der Waals surface area contributed by atoms with E-state index in [1.54, 1.807) is 18.2 Å². The molecule has 0 aliphatic carbocycles. The van der Waals surface area contributed by atoms with Crippen LogP contribution in [-0.2, 0) is 9.59 Å². The van der Waals surface area contributed by atoms with Gasteiger partial charge < -0.3 is 15.4 Å². The zero-order valence-corrected chi connectivity index (χ0v) is 14.2. The van der Waals surface area contributed by atoms with Gasteiger partial charge in [0.25, 0.3) is 5.91 Å². The molecule has 7 heteroatoms. The van der Waals surface area contributed by atoms with Crippen LogP contribution in [0.25, 0.3) is 0 Å². The Kier molecular flexibility index (Phi) is 5.27. The number of thioether (sulfide) groups is 1. The molecule has 0 fully saturated rings. The predicted molar refractivity (Wildman–Crippen MR) is 96.0 cm³/mol. The molecule has 3 rings (SSSR count). The molecule has 5 nitrogen and oxygen atoms in total. The van der Waals surface area contributed by atoms with Crippen LogP contribution in [0.15, 0.2) is 47.4 Å². The first kappa shape index (κ1) is 16.7. The zero-order valence-electron chi connectivity index (χ0n) is 12.7. The van der Waals surface area contributed by atoms with Crippen LogP contribution in [0.5, 0.6) is 5.75 Å². The van der Waals surface area contributed by atoms with Crippen molar-refractivity contribution in [1.29, 1.82) is 0 Å². The molecule has 0 unspecified atom stereocenters. The van der Waals surface area contributed by atoms with Crippen molar-refractivity contribution in [3.8, 4) is 5.75 Å². The van der Waals surface area contributed by atoms with Crippen molar-refractivity contribution in [3.63, 3.8) is 0 Å². The number of rotatable bonds is 5. The van der Waals surface area contributed by atoms with Crippen LogP contribution in [0.2, 0.25) is 5.02 Å². The van der Waals surface area contributed by atoms with E-state index in [1.807, 2.05) is 24.3 Å². The summed E-state index contributed by atoms with van der Waals surface area (Å²) in [7, 11) is 0. The summed E-state index contributed by atoms with van der Waals surface area (Å²) in [6.45, 7) is 0.0119. The highest BCUT2D eigenvalue weighted by atomic mass is 35.5. The Balaban J connectivity index is 1.53. The van der Waals surface area contributed by atoms with E-state index in [9.17, 15) is 9.59 Å². The van der Waals surface area contributed by atoms with Crippen molar-refractivity contribution < 1.29 is 14.3 Å². The van der Waals surface area contributed by atoms with Gasteiger partial charge in [-0.1, -0.05) is 23.7 Å². The summed E-state index contributed by atoms with van der Waals surface area (Å²) in [4.78, 5) is 24.3. The van der Waals surface area contributed by atoms with Gasteiger partial charge in [-0.3, -0.25) is 9.59 Å². The molecule has 2 N–H and O–H groups in total. The average molecular weight is 363 g/mol. The Morgan fingerprint density at radius 2 is 2.12 bits per heavy atom. The molecular weight excluding hydrogens is 348 g/mol. The van der Waals surface area contributed by atoms with Crippen LogP contribution < -0.4 is 15.4 Å². The number of anilines is 2. The van der Waals surface area contributed by atoms with E-state index in [0.717, 1.165) is 4.90 Å². The normalized spacial score (nSPS) is 12.8. The molecular formula is C17H15ClN2O3S. The van der Waals surface area contributed by atoms with Crippen molar-refractivity contribution in [3.05, 3.63) is 47.5 Å². The van der Waals surface area contributed by atoms with E-state index in [0.29, 0.717) is 34.3 Å². The second kappa shape index (κ2) is 7.59. The molecule has 2 amide bonds. The van der Waals surface area contributed by atoms with Crippen LogP contribution in [-0.4, -0.2) is 24.2 Å². The quantitative estimate of drug-likeness (QED) is 0.794. The largest absolute Gasteiger partial charge is 0.482 e. The molecule has 0 aromatic heterocycles. The third-order valence-electron chi connectivity index (χ3n) is 3.32. The molecule has 0 atom stereocenters. The predicted octanol–water partition coefficient (Wildman–Crippen LogP) is 3.79. The maximum atomic E-state index is 12.0. The third-order valence-corrected chi connectivity index (χ3v) is 4.84. The highest BCUT2D eigenvalue weighted by Crippen LogP contribution is 2.31. The summed E-state index contributed by atoms with van der Waals surface area (Å²) in [5.74, 6) is 0.918. The fourth-order valence-electron chi connectivity index (χ4n) is 2.20. The number of ether oxygens (including phenoxy) is 1. The van der Waals surface area contributed by atoms with Crippen molar-refractivity contribution in [1.82, 2.24) is 0 Å². The number of benzene rings is 2. The molecule has 1 aliphatic rings. The van der Waals surface area contributed by atoms with Gasteiger partial charge >= 0.3 is 0 Å². The van der Waals surface area contributed by atoms with Crippen LogP contribution in [0, 0.1) is 0 Å². The molecule has 0 saturated heterocycles. The van der Waals surface area contributed by atoms with Gasteiger partial charge in [0.2, 0.25) is 5.91 Å². The Bertz CT molecular complexity index is 782. The summed E-state index contributed by atoms with van der Waals surface area (Å²) in [6, 6.07) is 12.7. The number of hydrogen-bond donors (Lipinski definition) is 2. The topological polar surface area (TPSA) is 67.4 Å². The van der Waals surface area contributed by atoms with Crippen LogP contribution >= 0.6 is 23.4 Å². The van der Waals surface area contributed by atoms with Gasteiger partial charge in [0, 0.05) is 22.8 Å². The minimum atomic E-state index is -0.206. The number of carbonyl (C=O) groups is 2. The molecule has 0 bridgehead atoms. The Hall–Kier alpha value is -2.18. The van der Waals surface area contributed by atoms with Crippen molar-refractivity contribution in [2.24, 2.45) is 0 Å². The van der Waals surface area contributed by atoms with Gasteiger partial charge in [0.05, 0.1) is 10.7 Å². The third kappa shape index (κ3) is 4.21. The van der Waals surface area contributed by atoms with Gasteiger partial charge in [0.1, 0.15) is 5.75 Å². The molecule has 24 heavy (non-hydrogen) atoms. The van der Waals surface area contributed by atoms with E-state index in [2.05, 4.69) is 10.6 Å². The lowest BCUT2D eigenvalue weighted by Crippen LogP contribution is -2.25. The molecule has 0 radical (unpaired) electrons. The van der Waals surface area contributed by atoms with Gasteiger partial charge in [0.15, 0.2) is 6.61 Å². The molecule has 1 aliphatic heterocycles. The summed E-state index contributed by atoms with van der Waals surface area (Å²) in [5.41, 5.74) is 1.18. The van der Waals surface area contributed by atoms with Gasteiger partial charge in [-0.2, -0.15) is 0 Å². The average Bonchev–Trinajstić information content (AvgIpc) is 2.56. The van der Waals surface area contributed by atoms with E-state index < -0.39 is 0 Å². The second-order valence-electron chi connectivity index (χ2n) is 5.12. The van der Waals surface area contributed by atoms with E-state index in [1.165, 1.54) is 11.8 Å². The highest BCUT2D eigenvalue weighted by Gasteiger charge is 2.16. The monoisotopic (exact) mass is 362 g/mol. The Morgan fingerprint density at radius 3 is 2.96 bits per heavy atom. The lowest BCUT2D eigenvalue weighted by Gasteiger charge is -2.18. The number of nitrogens with one attached hydrogen (secondary N) is 2. The lowest BCUT2D eigenvalue weighted by atomic mass is 10.2. The first-order valence-corrected chi connectivity index (χ1v) is 8.72. The number of fused-ring (bicyclic) bond motifs is 1. The summed E-state index contributed by atoms with van der Waals surface area (Å²) in [5, 5.41) is 6.21. The fourth-order valence-corrected chi connectivity index (χ4v) is 3.39. The minimum absolute atomic E-state index is 0.0119. The number of carbonyl (C=O) groups excluding carboxylic acids is 2. The minimum Gasteiger partial charge on any atom is -0.482 e. The lowest BCUT2D eigenvalue weighted by molar-refractivity contribution is -0.118. The summed E-state index contributed by atoms with van der Waals surface area (Å²) < 4.78 is 5.28. The van der Waals surface area contributed by atoms with E-state index in [4.69, 9.17) is 16.3 Å². The van der Waals surface area contributed by atoms with Crippen LogP contribution in [0.1, 0.15) is 6.42 Å². The van der Waals surface area contributed by atoms with Crippen molar-refractivity contribution in [2.45, 2.75) is 11.3 Å². The molecule has 0 saturated carbocycles. The Labute approximate surface area is 148 Å². The zero-order chi connectivity index (χ0) is 16.9. The Morgan fingerprint density at radius 1 is 1.29 bits per heavy atom. The van der Waals surface area contributed by atoms with Gasteiger partial charge in [-0.05, 0) is 30.3 Å². The van der Waals surface area contributed by atoms with Crippen molar-refractivity contribution >= 4 is 46.6 Å². The van der Waals surface area contributed by atoms with Crippen molar-refractivity contribution in [2.75, 3.05) is 23.0 Å². The van der Waals surface area contributed by atoms with Crippen LogP contribution in [0.3, 0.4) is 0 Å². The van der Waals surface area contributed by atoms with Crippen LogP contribution in [0.4, 0.5) is 11.4 Å². The second-order valence-corrected chi connectivity index (χ2v) is 6.67. The number of hydrogen-bond acceptors (Lipinski definition) is 4. The number of amides is 2. The van der Waals surface area contributed by atoms with E-state index >= 15 is 0 Å².